The molecule has 1 amide bonds. The van der Waals surface area contributed by atoms with Gasteiger partial charge in [-0.1, -0.05) is 52.6 Å². The zero-order valence-electron chi connectivity index (χ0n) is 15.7. The predicted molar refractivity (Wildman–Crippen MR) is 117 cm³/mol. The number of amides is 1. The van der Waals surface area contributed by atoms with Gasteiger partial charge in [-0.15, -0.1) is 0 Å². The first-order chi connectivity index (χ1) is 14.9. The molecular formula is C22H13Cl2N3O4. The fraction of sp³-hybridized carbons (Fsp3) is 0. The molecule has 4 aromatic rings. The van der Waals surface area contributed by atoms with Gasteiger partial charge in [-0.2, -0.15) is 4.98 Å². The number of hydrogen-bond donors (Lipinski definition) is 2. The molecule has 0 bridgehead atoms. The molecule has 0 aliphatic rings. The van der Waals surface area contributed by atoms with Crippen molar-refractivity contribution in [2.24, 2.45) is 0 Å². The summed E-state index contributed by atoms with van der Waals surface area (Å²) in [4.78, 5) is 28.3. The van der Waals surface area contributed by atoms with Gasteiger partial charge in [0, 0.05) is 16.3 Å². The number of carboxylic acids is 1. The van der Waals surface area contributed by atoms with Gasteiger partial charge in [0.2, 0.25) is 5.82 Å². The largest absolute Gasteiger partial charge is 0.478 e. The summed E-state index contributed by atoms with van der Waals surface area (Å²) in [7, 11) is 0. The highest BCUT2D eigenvalue weighted by Crippen LogP contribution is 2.31. The zero-order valence-corrected chi connectivity index (χ0v) is 17.2. The number of rotatable bonds is 5. The Morgan fingerprint density at radius 2 is 1.71 bits per heavy atom. The van der Waals surface area contributed by atoms with Crippen LogP contribution in [0.15, 0.2) is 71.3 Å². The van der Waals surface area contributed by atoms with Gasteiger partial charge in [-0.3, -0.25) is 4.79 Å². The molecule has 0 aliphatic heterocycles. The van der Waals surface area contributed by atoms with Crippen LogP contribution in [-0.4, -0.2) is 27.1 Å². The summed E-state index contributed by atoms with van der Waals surface area (Å²) >= 11 is 12.1. The van der Waals surface area contributed by atoms with Crippen molar-refractivity contribution in [1.82, 2.24) is 10.1 Å². The van der Waals surface area contributed by atoms with Crippen molar-refractivity contribution in [1.29, 1.82) is 0 Å². The van der Waals surface area contributed by atoms with Crippen LogP contribution in [0.5, 0.6) is 0 Å². The molecule has 1 aromatic heterocycles. The Balaban J connectivity index is 1.59. The van der Waals surface area contributed by atoms with E-state index >= 15 is 0 Å². The van der Waals surface area contributed by atoms with Crippen LogP contribution >= 0.6 is 23.2 Å². The molecule has 1 heterocycles. The van der Waals surface area contributed by atoms with Crippen molar-refractivity contribution < 1.29 is 19.2 Å². The fourth-order valence-corrected chi connectivity index (χ4v) is 3.40. The molecular weight excluding hydrogens is 441 g/mol. The van der Waals surface area contributed by atoms with Crippen LogP contribution in [0.25, 0.3) is 22.8 Å². The SMILES string of the molecule is O=C(O)c1ccccc1C(=O)Nc1cccc(-c2noc(-c3ccc(Cl)cc3Cl)n2)c1. The Bertz CT molecular complexity index is 1300. The van der Waals surface area contributed by atoms with Crippen molar-refractivity contribution in [2.75, 3.05) is 5.32 Å². The highest BCUT2D eigenvalue weighted by atomic mass is 35.5. The van der Waals surface area contributed by atoms with Gasteiger partial charge in [0.25, 0.3) is 11.8 Å². The van der Waals surface area contributed by atoms with Crippen LogP contribution in [0.2, 0.25) is 10.0 Å². The van der Waals surface area contributed by atoms with Crippen LogP contribution in [0.1, 0.15) is 20.7 Å². The molecule has 7 nitrogen and oxygen atoms in total. The van der Waals surface area contributed by atoms with E-state index in [1.807, 2.05) is 0 Å². The molecule has 4 rings (SSSR count). The standard InChI is InChI=1S/C22H13Cl2N3O4/c23-13-8-9-17(18(24)11-13)21-26-19(27-31-21)12-4-3-5-14(10-12)25-20(28)15-6-1-2-7-16(15)22(29)30/h1-11H,(H,25,28)(H,29,30). The molecule has 2 N–H and O–H groups in total. The first kappa shape index (κ1) is 20.6. The monoisotopic (exact) mass is 453 g/mol. The molecule has 0 fully saturated rings. The van der Waals surface area contributed by atoms with Crippen LogP contribution < -0.4 is 5.32 Å². The second kappa shape index (κ2) is 8.59. The Hall–Kier alpha value is -3.68. The third-order valence-electron chi connectivity index (χ3n) is 4.37. The number of hydrogen-bond acceptors (Lipinski definition) is 5. The molecule has 3 aromatic carbocycles. The lowest BCUT2D eigenvalue weighted by atomic mass is 10.1. The number of benzene rings is 3. The van der Waals surface area contributed by atoms with Crippen LogP contribution in [0, 0.1) is 0 Å². The molecule has 0 unspecified atom stereocenters. The smallest absolute Gasteiger partial charge is 0.336 e. The predicted octanol–water partition coefficient (Wildman–Crippen LogP) is 5.66. The second-order valence-corrected chi connectivity index (χ2v) is 7.28. The second-order valence-electron chi connectivity index (χ2n) is 6.43. The van der Waals surface area contributed by atoms with E-state index < -0.39 is 11.9 Å². The average molecular weight is 454 g/mol. The lowest BCUT2D eigenvalue weighted by Crippen LogP contribution is -2.16. The first-order valence-electron chi connectivity index (χ1n) is 8.95. The van der Waals surface area contributed by atoms with Gasteiger partial charge >= 0.3 is 5.97 Å². The van der Waals surface area contributed by atoms with E-state index in [1.165, 1.54) is 12.1 Å². The zero-order chi connectivity index (χ0) is 22.0. The average Bonchev–Trinajstić information content (AvgIpc) is 3.24. The van der Waals surface area contributed by atoms with Crippen LogP contribution in [-0.2, 0) is 0 Å². The third kappa shape index (κ3) is 4.42. The number of aromatic nitrogens is 2. The number of halogens is 2. The van der Waals surface area contributed by atoms with Gasteiger partial charge in [0.15, 0.2) is 0 Å². The van der Waals surface area contributed by atoms with Crippen molar-refractivity contribution in [3.63, 3.8) is 0 Å². The van der Waals surface area contributed by atoms with Gasteiger partial charge in [-0.05, 0) is 42.5 Å². The number of nitrogens with one attached hydrogen (secondary N) is 1. The minimum Gasteiger partial charge on any atom is -0.478 e. The molecule has 0 saturated carbocycles. The van der Waals surface area contributed by atoms with Crippen molar-refractivity contribution >= 4 is 40.8 Å². The normalized spacial score (nSPS) is 10.6. The minimum absolute atomic E-state index is 0.0552. The molecule has 0 aliphatic carbocycles. The Labute approximate surface area is 186 Å². The summed E-state index contributed by atoms with van der Waals surface area (Å²) in [6, 6.07) is 17.7. The van der Waals surface area contributed by atoms with E-state index in [2.05, 4.69) is 15.5 Å². The summed E-state index contributed by atoms with van der Waals surface area (Å²) in [5, 5.41) is 16.8. The lowest BCUT2D eigenvalue weighted by Gasteiger charge is -2.08. The topological polar surface area (TPSA) is 105 Å². The fourth-order valence-electron chi connectivity index (χ4n) is 2.92. The number of anilines is 1. The van der Waals surface area contributed by atoms with E-state index in [0.29, 0.717) is 32.7 Å². The molecule has 0 radical (unpaired) electrons. The molecule has 0 saturated heterocycles. The van der Waals surface area contributed by atoms with Crippen molar-refractivity contribution in [3.05, 3.63) is 87.9 Å². The molecule has 154 valence electrons. The van der Waals surface area contributed by atoms with Crippen LogP contribution in [0.4, 0.5) is 5.69 Å². The lowest BCUT2D eigenvalue weighted by molar-refractivity contribution is 0.0692. The van der Waals surface area contributed by atoms with Gasteiger partial charge in [0.05, 0.1) is 21.7 Å². The Morgan fingerprint density at radius 3 is 2.45 bits per heavy atom. The summed E-state index contributed by atoms with van der Waals surface area (Å²) < 4.78 is 5.32. The first-order valence-corrected chi connectivity index (χ1v) is 9.71. The van der Waals surface area contributed by atoms with Gasteiger partial charge < -0.3 is 14.9 Å². The van der Waals surface area contributed by atoms with E-state index in [-0.39, 0.29) is 17.0 Å². The van der Waals surface area contributed by atoms with Crippen LogP contribution in [0.3, 0.4) is 0 Å². The highest BCUT2D eigenvalue weighted by molar-refractivity contribution is 6.36. The number of carbonyl (C=O) groups excluding carboxylic acids is 1. The summed E-state index contributed by atoms with van der Waals surface area (Å²) in [6.45, 7) is 0. The molecule has 0 atom stereocenters. The highest BCUT2D eigenvalue weighted by Gasteiger charge is 2.17. The maximum atomic E-state index is 12.6. The minimum atomic E-state index is -1.18. The number of nitrogens with zero attached hydrogens (tertiary/aromatic N) is 2. The summed E-state index contributed by atoms with van der Waals surface area (Å²) in [5.74, 6) is -1.21. The maximum absolute atomic E-state index is 12.6. The molecule has 31 heavy (non-hydrogen) atoms. The maximum Gasteiger partial charge on any atom is 0.336 e. The third-order valence-corrected chi connectivity index (χ3v) is 4.92. The summed E-state index contributed by atoms with van der Waals surface area (Å²) in [5.41, 5.74) is 1.54. The number of carboxylic acid groups (broad SMARTS) is 1. The molecule has 0 spiro atoms. The van der Waals surface area contributed by atoms with Gasteiger partial charge in [-0.25, -0.2) is 4.79 Å². The van der Waals surface area contributed by atoms with E-state index in [9.17, 15) is 14.7 Å². The molecule has 9 heteroatoms. The number of aromatic carboxylic acids is 1. The van der Waals surface area contributed by atoms with E-state index in [1.54, 1.807) is 54.6 Å². The quantitative estimate of drug-likeness (QED) is 0.403. The van der Waals surface area contributed by atoms with E-state index in [4.69, 9.17) is 27.7 Å². The van der Waals surface area contributed by atoms with E-state index in [0.717, 1.165) is 0 Å². The number of carbonyl (C=O) groups is 2. The Kier molecular flexibility index (Phi) is 5.70. The Morgan fingerprint density at radius 1 is 0.935 bits per heavy atom. The van der Waals surface area contributed by atoms with Crippen molar-refractivity contribution in [2.45, 2.75) is 0 Å². The van der Waals surface area contributed by atoms with Crippen molar-refractivity contribution in [3.8, 4) is 22.8 Å². The van der Waals surface area contributed by atoms with Gasteiger partial charge in [0.1, 0.15) is 0 Å². The summed E-state index contributed by atoms with van der Waals surface area (Å²) in [6.07, 6.45) is 0.